The zero-order chi connectivity index (χ0) is 25.8. The van der Waals surface area contributed by atoms with Gasteiger partial charge in [0.25, 0.3) is 11.8 Å². The molecule has 37 heavy (non-hydrogen) atoms. The standard InChI is InChI=1S/C28H32N6O2S/c1-3-5-24(25-6-4-17-37-25)29-28(36)20-9-12-23-22(18-20)26(32-31-23)30-27(35)19-7-10-21(11-8-19)34-15-13-33(2)14-16-34/h4,6-12,17-18,24H,3,5,13-16H2,1-2H3,(H,29,36)(H2,30,31,32,35). The van der Waals surface area contributed by atoms with Crippen molar-refractivity contribution in [3.63, 3.8) is 0 Å². The highest BCUT2D eigenvalue weighted by Gasteiger charge is 2.19. The summed E-state index contributed by atoms with van der Waals surface area (Å²) in [7, 11) is 2.13. The van der Waals surface area contributed by atoms with E-state index in [1.54, 1.807) is 23.5 Å². The molecule has 9 heteroatoms. The number of likely N-dealkylation sites (N-methyl/N-ethyl adjacent to an activating group) is 1. The van der Waals surface area contributed by atoms with Crippen molar-refractivity contribution in [1.82, 2.24) is 20.4 Å². The van der Waals surface area contributed by atoms with E-state index in [1.807, 2.05) is 41.8 Å². The maximum absolute atomic E-state index is 13.1. The Morgan fingerprint density at radius 1 is 1.03 bits per heavy atom. The second-order valence-corrected chi connectivity index (χ2v) is 10.4. The third kappa shape index (κ3) is 5.68. The van der Waals surface area contributed by atoms with Crippen molar-refractivity contribution in [3.05, 3.63) is 76.0 Å². The van der Waals surface area contributed by atoms with Crippen LogP contribution in [0, 0.1) is 0 Å². The quantitative estimate of drug-likeness (QED) is 0.310. The molecule has 1 fully saturated rings. The molecule has 1 unspecified atom stereocenters. The largest absolute Gasteiger partial charge is 0.369 e. The minimum absolute atomic E-state index is 0.0227. The molecule has 1 saturated heterocycles. The number of nitrogens with one attached hydrogen (secondary N) is 3. The Bertz CT molecular complexity index is 1360. The van der Waals surface area contributed by atoms with Gasteiger partial charge in [0.05, 0.1) is 11.6 Å². The van der Waals surface area contributed by atoms with Gasteiger partial charge >= 0.3 is 0 Å². The third-order valence-corrected chi connectivity index (χ3v) is 7.81. The predicted octanol–water partition coefficient (Wildman–Crippen LogP) is 4.90. The average Bonchev–Trinajstić information content (AvgIpc) is 3.59. The molecule has 0 bridgehead atoms. The predicted molar refractivity (Wildman–Crippen MR) is 150 cm³/mol. The summed E-state index contributed by atoms with van der Waals surface area (Å²) in [5.74, 6) is 0.0155. The number of rotatable bonds is 8. The molecule has 1 aliphatic rings. The van der Waals surface area contributed by atoms with Crippen LogP contribution in [0.25, 0.3) is 10.9 Å². The van der Waals surface area contributed by atoms with Crippen LogP contribution in [0.5, 0.6) is 0 Å². The first-order chi connectivity index (χ1) is 18.0. The summed E-state index contributed by atoms with van der Waals surface area (Å²) in [6.07, 6.45) is 1.84. The fourth-order valence-electron chi connectivity index (χ4n) is 4.62. The molecule has 0 radical (unpaired) electrons. The SMILES string of the molecule is CCCC(NC(=O)c1ccc2[nH]nc(NC(=O)c3ccc(N4CCN(C)CC4)cc3)c2c1)c1cccs1. The van der Waals surface area contributed by atoms with E-state index in [4.69, 9.17) is 0 Å². The number of carbonyl (C=O) groups excluding carboxylic acids is 2. The van der Waals surface area contributed by atoms with Crippen LogP contribution >= 0.6 is 11.3 Å². The molecule has 2 aromatic heterocycles. The third-order valence-electron chi connectivity index (χ3n) is 6.82. The Morgan fingerprint density at radius 2 is 1.78 bits per heavy atom. The zero-order valence-electron chi connectivity index (χ0n) is 21.2. The molecule has 0 spiro atoms. The van der Waals surface area contributed by atoms with Crippen molar-refractivity contribution in [2.45, 2.75) is 25.8 Å². The van der Waals surface area contributed by atoms with E-state index in [1.165, 1.54) is 0 Å². The van der Waals surface area contributed by atoms with Crippen LogP contribution in [0.3, 0.4) is 0 Å². The van der Waals surface area contributed by atoms with Gasteiger partial charge < -0.3 is 20.4 Å². The van der Waals surface area contributed by atoms with Crippen molar-refractivity contribution in [2.24, 2.45) is 0 Å². The van der Waals surface area contributed by atoms with Crippen LogP contribution < -0.4 is 15.5 Å². The lowest BCUT2D eigenvalue weighted by molar-refractivity contribution is 0.0934. The normalized spacial score (nSPS) is 15.0. The number of nitrogens with zero attached hydrogens (tertiary/aromatic N) is 3. The van der Waals surface area contributed by atoms with Crippen molar-refractivity contribution in [1.29, 1.82) is 0 Å². The number of anilines is 2. The van der Waals surface area contributed by atoms with Crippen LogP contribution in [-0.2, 0) is 0 Å². The van der Waals surface area contributed by atoms with Crippen molar-refractivity contribution in [2.75, 3.05) is 43.4 Å². The summed E-state index contributed by atoms with van der Waals surface area (Å²) in [4.78, 5) is 31.9. The Labute approximate surface area is 220 Å². The lowest BCUT2D eigenvalue weighted by Gasteiger charge is -2.34. The zero-order valence-corrected chi connectivity index (χ0v) is 22.0. The number of hydrogen-bond donors (Lipinski definition) is 3. The van der Waals surface area contributed by atoms with Crippen molar-refractivity contribution in [3.8, 4) is 0 Å². The minimum Gasteiger partial charge on any atom is -0.369 e. The van der Waals surface area contributed by atoms with Crippen molar-refractivity contribution < 1.29 is 9.59 Å². The number of piperazine rings is 1. The second-order valence-electron chi connectivity index (χ2n) is 9.45. The molecule has 0 saturated carbocycles. The number of thiophene rings is 1. The smallest absolute Gasteiger partial charge is 0.256 e. The number of fused-ring (bicyclic) bond motifs is 1. The molecule has 0 aliphatic carbocycles. The van der Waals surface area contributed by atoms with Crippen molar-refractivity contribution >= 4 is 45.6 Å². The number of H-pyrrole nitrogens is 1. The molecule has 3 heterocycles. The highest BCUT2D eigenvalue weighted by atomic mass is 32.1. The molecule has 2 amide bonds. The van der Waals surface area contributed by atoms with Gasteiger partial charge in [-0.1, -0.05) is 19.4 Å². The fourth-order valence-corrected chi connectivity index (χ4v) is 5.44. The summed E-state index contributed by atoms with van der Waals surface area (Å²) < 4.78 is 0. The van der Waals surface area contributed by atoms with E-state index in [2.05, 4.69) is 50.7 Å². The first kappa shape index (κ1) is 25.0. The lowest BCUT2D eigenvalue weighted by Crippen LogP contribution is -2.44. The maximum Gasteiger partial charge on any atom is 0.256 e. The molecule has 1 atom stereocenters. The first-order valence-electron chi connectivity index (χ1n) is 12.7. The van der Waals surface area contributed by atoms with E-state index in [0.29, 0.717) is 22.3 Å². The molecule has 3 N–H and O–H groups in total. The van der Waals surface area contributed by atoms with E-state index in [-0.39, 0.29) is 17.9 Å². The van der Waals surface area contributed by atoms with Crippen LogP contribution in [0.1, 0.15) is 51.4 Å². The highest BCUT2D eigenvalue weighted by Crippen LogP contribution is 2.26. The fraction of sp³-hybridized carbons (Fsp3) is 0.321. The monoisotopic (exact) mass is 516 g/mol. The maximum atomic E-state index is 13.1. The van der Waals surface area contributed by atoms with Gasteiger partial charge in [-0.05, 0) is 67.4 Å². The van der Waals surface area contributed by atoms with Gasteiger partial charge in [-0.25, -0.2) is 0 Å². The van der Waals surface area contributed by atoms with E-state index in [9.17, 15) is 9.59 Å². The summed E-state index contributed by atoms with van der Waals surface area (Å²) in [6, 6.07) is 17.1. The number of amides is 2. The molecule has 1 aliphatic heterocycles. The summed E-state index contributed by atoms with van der Waals surface area (Å²) >= 11 is 1.65. The molecular weight excluding hydrogens is 484 g/mol. The average molecular weight is 517 g/mol. The molecule has 8 nitrogen and oxygen atoms in total. The minimum atomic E-state index is -0.242. The van der Waals surface area contributed by atoms with Crippen LogP contribution in [-0.4, -0.2) is 60.1 Å². The van der Waals surface area contributed by atoms with Gasteiger partial charge in [0, 0.05) is 53.3 Å². The Kier molecular flexibility index (Phi) is 7.52. The number of benzene rings is 2. The molecule has 4 aromatic rings. The molecular formula is C28H32N6O2S. The molecule has 192 valence electrons. The van der Waals surface area contributed by atoms with Gasteiger partial charge in [0.2, 0.25) is 0 Å². The van der Waals surface area contributed by atoms with Gasteiger partial charge in [-0.3, -0.25) is 14.7 Å². The number of hydrogen-bond acceptors (Lipinski definition) is 6. The summed E-state index contributed by atoms with van der Waals surface area (Å²) in [5.41, 5.74) is 2.95. The van der Waals surface area contributed by atoms with Gasteiger partial charge in [-0.15, -0.1) is 11.3 Å². The molecule has 5 rings (SSSR count). The Morgan fingerprint density at radius 3 is 2.49 bits per heavy atom. The topological polar surface area (TPSA) is 93.4 Å². The number of aromatic nitrogens is 2. The summed E-state index contributed by atoms with van der Waals surface area (Å²) in [6.45, 7) is 6.12. The first-order valence-corrected chi connectivity index (χ1v) is 13.6. The second kappa shape index (κ2) is 11.1. The van der Waals surface area contributed by atoms with Crippen LogP contribution in [0.4, 0.5) is 11.5 Å². The van der Waals surface area contributed by atoms with Crippen LogP contribution in [0.2, 0.25) is 0 Å². The van der Waals surface area contributed by atoms with E-state index < -0.39 is 0 Å². The van der Waals surface area contributed by atoms with Gasteiger partial charge in [0.1, 0.15) is 0 Å². The number of aromatic amines is 1. The van der Waals surface area contributed by atoms with E-state index >= 15 is 0 Å². The van der Waals surface area contributed by atoms with Gasteiger partial charge in [0.15, 0.2) is 5.82 Å². The highest BCUT2D eigenvalue weighted by molar-refractivity contribution is 7.10. The molecule has 2 aromatic carbocycles. The van der Waals surface area contributed by atoms with Crippen LogP contribution in [0.15, 0.2) is 60.0 Å². The number of carbonyl (C=O) groups is 2. The summed E-state index contributed by atoms with van der Waals surface area (Å²) in [5, 5.41) is 16.0. The lowest BCUT2D eigenvalue weighted by atomic mass is 10.1. The van der Waals surface area contributed by atoms with Gasteiger partial charge in [-0.2, -0.15) is 5.10 Å². The van der Waals surface area contributed by atoms with E-state index in [0.717, 1.165) is 55.1 Å². The Hall–Kier alpha value is -3.69. The Balaban J connectivity index is 1.29.